The average Bonchev–Trinajstić information content (AvgIpc) is 3.23. The van der Waals surface area contributed by atoms with E-state index < -0.39 is 0 Å². The second-order valence-corrected chi connectivity index (χ2v) is 5.86. The normalized spacial score (nSPS) is 21.3. The molecule has 2 aliphatic rings. The van der Waals surface area contributed by atoms with Crippen LogP contribution in [0.5, 0.6) is 0 Å². The van der Waals surface area contributed by atoms with Crippen LogP contribution in [0.3, 0.4) is 0 Å². The van der Waals surface area contributed by atoms with Gasteiger partial charge in [0.15, 0.2) is 0 Å². The van der Waals surface area contributed by atoms with E-state index in [4.69, 9.17) is 23.2 Å². The van der Waals surface area contributed by atoms with Crippen molar-refractivity contribution < 1.29 is 0 Å². The lowest BCUT2D eigenvalue weighted by atomic mass is 10.1. The van der Waals surface area contributed by atoms with Crippen LogP contribution in [0.2, 0.25) is 5.02 Å². The number of halogens is 2. The van der Waals surface area contributed by atoms with E-state index in [-0.39, 0.29) is 0 Å². The molecule has 0 spiro atoms. The van der Waals surface area contributed by atoms with E-state index in [0.717, 1.165) is 29.7 Å². The van der Waals surface area contributed by atoms with E-state index in [1.54, 1.807) is 0 Å². The van der Waals surface area contributed by atoms with Crippen molar-refractivity contribution in [1.82, 2.24) is 4.90 Å². The molecule has 2 nitrogen and oxygen atoms in total. The molecule has 4 heteroatoms. The Kier molecular flexibility index (Phi) is 3.69. The Bertz CT molecular complexity index is 424. The van der Waals surface area contributed by atoms with Crippen LogP contribution in [0.4, 0.5) is 5.69 Å². The van der Waals surface area contributed by atoms with Gasteiger partial charge in [-0.05, 0) is 36.6 Å². The first-order valence-electron chi connectivity index (χ1n) is 6.61. The highest BCUT2D eigenvalue weighted by Crippen LogP contribution is 2.30. The monoisotopic (exact) mass is 284 g/mol. The zero-order valence-corrected chi connectivity index (χ0v) is 11.9. The van der Waals surface area contributed by atoms with E-state index in [0.29, 0.717) is 5.88 Å². The van der Waals surface area contributed by atoms with Gasteiger partial charge in [0.25, 0.3) is 0 Å². The Labute approximate surface area is 118 Å². The molecule has 2 fully saturated rings. The van der Waals surface area contributed by atoms with Crippen LogP contribution in [-0.4, -0.2) is 37.1 Å². The molecule has 0 aromatic heterocycles. The standard InChI is InChI=1S/C14H18Cl2N2/c15-10-11-9-12(16)1-4-14(11)18-7-5-17(6-8-18)13-2-3-13/h1,4,9,13H,2-3,5-8,10H2. The molecule has 0 radical (unpaired) electrons. The van der Waals surface area contributed by atoms with Crippen LogP contribution >= 0.6 is 23.2 Å². The molecule has 18 heavy (non-hydrogen) atoms. The molecule has 3 rings (SSSR count). The molecular formula is C14H18Cl2N2. The third-order valence-electron chi connectivity index (χ3n) is 3.90. The molecular weight excluding hydrogens is 267 g/mol. The predicted molar refractivity (Wildman–Crippen MR) is 77.8 cm³/mol. The fourth-order valence-electron chi connectivity index (χ4n) is 2.74. The van der Waals surface area contributed by atoms with Crippen molar-refractivity contribution in [1.29, 1.82) is 0 Å². The second kappa shape index (κ2) is 5.28. The minimum atomic E-state index is 0.527. The number of hydrogen-bond acceptors (Lipinski definition) is 2. The molecule has 1 aromatic rings. The number of anilines is 1. The van der Waals surface area contributed by atoms with Crippen molar-refractivity contribution in [2.45, 2.75) is 24.8 Å². The highest BCUT2D eigenvalue weighted by atomic mass is 35.5. The molecule has 1 aromatic carbocycles. The molecule has 1 heterocycles. The Hall–Kier alpha value is -0.440. The maximum absolute atomic E-state index is 6.02. The van der Waals surface area contributed by atoms with Crippen LogP contribution in [0.1, 0.15) is 18.4 Å². The summed E-state index contributed by atoms with van der Waals surface area (Å²) in [7, 11) is 0. The topological polar surface area (TPSA) is 6.48 Å². The number of benzene rings is 1. The highest BCUT2D eigenvalue weighted by molar-refractivity contribution is 6.30. The SMILES string of the molecule is ClCc1cc(Cl)ccc1N1CCN(C2CC2)CC1. The Morgan fingerprint density at radius 1 is 1.11 bits per heavy atom. The summed E-state index contributed by atoms with van der Waals surface area (Å²) < 4.78 is 0. The zero-order chi connectivity index (χ0) is 12.5. The molecule has 0 bridgehead atoms. The van der Waals surface area contributed by atoms with Crippen LogP contribution in [-0.2, 0) is 5.88 Å². The number of alkyl halides is 1. The van der Waals surface area contributed by atoms with Gasteiger partial charge in [-0.25, -0.2) is 0 Å². The lowest BCUT2D eigenvalue weighted by molar-refractivity contribution is 0.248. The van der Waals surface area contributed by atoms with Crippen LogP contribution in [0.15, 0.2) is 18.2 Å². The molecule has 0 unspecified atom stereocenters. The predicted octanol–water partition coefficient (Wildman–Crippen LogP) is 3.36. The van der Waals surface area contributed by atoms with Gasteiger partial charge in [0.05, 0.1) is 0 Å². The highest BCUT2D eigenvalue weighted by Gasteiger charge is 2.31. The Morgan fingerprint density at radius 2 is 1.83 bits per heavy atom. The number of hydrogen-bond donors (Lipinski definition) is 0. The lowest BCUT2D eigenvalue weighted by Crippen LogP contribution is -2.47. The minimum absolute atomic E-state index is 0.527. The van der Waals surface area contributed by atoms with E-state index >= 15 is 0 Å². The van der Waals surface area contributed by atoms with Gasteiger partial charge in [0, 0.05) is 48.8 Å². The Balaban J connectivity index is 1.71. The fraction of sp³-hybridized carbons (Fsp3) is 0.571. The second-order valence-electron chi connectivity index (χ2n) is 5.16. The van der Waals surface area contributed by atoms with Gasteiger partial charge in [-0.1, -0.05) is 11.6 Å². The molecule has 1 aliphatic heterocycles. The van der Waals surface area contributed by atoms with Crippen molar-refractivity contribution >= 4 is 28.9 Å². The van der Waals surface area contributed by atoms with Gasteiger partial charge in [-0.3, -0.25) is 4.90 Å². The third-order valence-corrected chi connectivity index (χ3v) is 4.43. The van der Waals surface area contributed by atoms with E-state index in [2.05, 4.69) is 15.9 Å². The van der Waals surface area contributed by atoms with Crippen LogP contribution in [0.25, 0.3) is 0 Å². The molecule has 98 valence electrons. The summed E-state index contributed by atoms with van der Waals surface area (Å²) in [5.74, 6) is 0.527. The maximum Gasteiger partial charge on any atom is 0.0495 e. The molecule has 1 saturated heterocycles. The molecule has 0 atom stereocenters. The summed E-state index contributed by atoms with van der Waals surface area (Å²) in [4.78, 5) is 5.06. The van der Waals surface area contributed by atoms with E-state index in [1.807, 2.05) is 12.1 Å². The van der Waals surface area contributed by atoms with Gasteiger partial charge >= 0.3 is 0 Å². The van der Waals surface area contributed by atoms with Crippen LogP contribution < -0.4 is 4.90 Å². The summed E-state index contributed by atoms with van der Waals surface area (Å²) in [6.45, 7) is 4.55. The summed E-state index contributed by atoms with van der Waals surface area (Å²) >= 11 is 12.0. The molecule has 0 N–H and O–H groups in total. The van der Waals surface area contributed by atoms with Crippen molar-refractivity contribution in [2.24, 2.45) is 0 Å². The summed E-state index contributed by atoms with van der Waals surface area (Å²) in [5.41, 5.74) is 2.40. The molecule has 1 saturated carbocycles. The minimum Gasteiger partial charge on any atom is -0.369 e. The van der Waals surface area contributed by atoms with Gasteiger partial charge in [-0.2, -0.15) is 0 Å². The zero-order valence-electron chi connectivity index (χ0n) is 10.4. The Morgan fingerprint density at radius 3 is 2.44 bits per heavy atom. The van der Waals surface area contributed by atoms with E-state index in [1.165, 1.54) is 31.6 Å². The first kappa shape index (κ1) is 12.6. The lowest BCUT2D eigenvalue weighted by Gasteiger charge is -2.37. The summed E-state index contributed by atoms with van der Waals surface area (Å²) in [6.07, 6.45) is 2.79. The quantitative estimate of drug-likeness (QED) is 0.786. The van der Waals surface area contributed by atoms with Crippen molar-refractivity contribution in [3.8, 4) is 0 Å². The fourth-order valence-corrected chi connectivity index (χ4v) is 3.15. The smallest absolute Gasteiger partial charge is 0.0495 e. The third kappa shape index (κ3) is 2.61. The van der Waals surface area contributed by atoms with Gasteiger partial charge in [-0.15, -0.1) is 11.6 Å². The van der Waals surface area contributed by atoms with Crippen LogP contribution in [0, 0.1) is 0 Å². The molecule has 0 amide bonds. The summed E-state index contributed by atoms with van der Waals surface area (Å²) in [5, 5.41) is 0.769. The first-order chi connectivity index (χ1) is 8.78. The van der Waals surface area contributed by atoms with E-state index in [9.17, 15) is 0 Å². The van der Waals surface area contributed by atoms with Gasteiger partial charge in [0.1, 0.15) is 0 Å². The molecule has 1 aliphatic carbocycles. The first-order valence-corrected chi connectivity index (χ1v) is 7.52. The number of piperazine rings is 1. The van der Waals surface area contributed by atoms with Crippen molar-refractivity contribution in [2.75, 3.05) is 31.1 Å². The largest absolute Gasteiger partial charge is 0.369 e. The maximum atomic E-state index is 6.02. The van der Waals surface area contributed by atoms with Gasteiger partial charge < -0.3 is 4.90 Å². The van der Waals surface area contributed by atoms with Crippen molar-refractivity contribution in [3.05, 3.63) is 28.8 Å². The van der Waals surface area contributed by atoms with Gasteiger partial charge in [0.2, 0.25) is 0 Å². The average molecular weight is 285 g/mol. The number of nitrogens with zero attached hydrogens (tertiary/aromatic N) is 2. The summed E-state index contributed by atoms with van der Waals surface area (Å²) in [6, 6.07) is 6.93. The number of rotatable bonds is 3. The van der Waals surface area contributed by atoms with Crippen molar-refractivity contribution in [3.63, 3.8) is 0 Å².